The lowest BCUT2D eigenvalue weighted by atomic mass is 10.2. The number of nitrogens with zero attached hydrogens (tertiary/aromatic N) is 2. The molecule has 1 aromatic rings. The molecule has 1 aromatic carbocycles. The number of imide groups is 1. The van der Waals surface area contributed by atoms with Crippen LogP contribution in [0.25, 0.3) is 0 Å². The van der Waals surface area contributed by atoms with Crippen molar-refractivity contribution in [1.82, 2.24) is 9.80 Å². The average molecular weight is 317 g/mol. The number of hydrogen-bond acceptors (Lipinski definition) is 5. The van der Waals surface area contributed by atoms with E-state index in [4.69, 9.17) is 9.47 Å². The van der Waals surface area contributed by atoms with Gasteiger partial charge in [0.15, 0.2) is 11.5 Å². The smallest absolute Gasteiger partial charge is 0.327 e. The molecule has 1 unspecified atom stereocenters. The van der Waals surface area contributed by atoms with Gasteiger partial charge in [0.1, 0.15) is 12.6 Å². The van der Waals surface area contributed by atoms with Crippen LogP contribution in [0, 0.1) is 0 Å². The van der Waals surface area contributed by atoms with Gasteiger partial charge in [-0.1, -0.05) is 0 Å². The van der Waals surface area contributed by atoms with Gasteiger partial charge < -0.3 is 19.7 Å². The summed E-state index contributed by atoms with van der Waals surface area (Å²) in [7, 11) is 0. The van der Waals surface area contributed by atoms with Gasteiger partial charge in [0.25, 0.3) is 5.91 Å². The first-order valence-electron chi connectivity index (χ1n) is 7.45. The summed E-state index contributed by atoms with van der Waals surface area (Å²) < 4.78 is 10.4. The second-order valence-electron chi connectivity index (χ2n) is 5.67. The third-order valence-electron chi connectivity index (χ3n) is 4.24. The molecule has 2 saturated heterocycles. The Labute approximate surface area is 131 Å². The largest absolute Gasteiger partial charge is 0.454 e. The van der Waals surface area contributed by atoms with Crippen molar-refractivity contribution >= 4 is 23.5 Å². The van der Waals surface area contributed by atoms with Crippen molar-refractivity contribution in [2.75, 3.05) is 25.2 Å². The molecule has 120 valence electrons. The van der Waals surface area contributed by atoms with Gasteiger partial charge in [0.2, 0.25) is 12.7 Å². The number of urea groups is 1. The minimum absolute atomic E-state index is 0.154. The Morgan fingerprint density at radius 2 is 2.09 bits per heavy atom. The summed E-state index contributed by atoms with van der Waals surface area (Å²) in [6.07, 6.45) is 1.50. The molecule has 0 spiro atoms. The van der Waals surface area contributed by atoms with E-state index in [1.807, 2.05) is 0 Å². The number of ether oxygens (including phenoxy) is 2. The molecule has 0 aromatic heterocycles. The average Bonchev–Trinajstić information content (AvgIpc) is 3.22. The molecule has 3 heterocycles. The number of carbonyl (C=O) groups excluding carboxylic acids is 3. The Kier molecular flexibility index (Phi) is 3.10. The van der Waals surface area contributed by atoms with Gasteiger partial charge in [-0.15, -0.1) is 0 Å². The van der Waals surface area contributed by atoms with Crippen molar-refractivity contribution in [3.8, 4) is 11.5 Å². The summed E-state index contributed by atoms with van der Waals surface area (Å²) in [5, 5.41) is 2.67. The maximum atomic E-state index is 12.2. The maximum Gasteiger partial charge on any atom is 0.327 e. The Bertz CT molecular complexity index is 682. The normalized spacial score (nSPS) is 21.8. The lowest BCUT2D eigenvalue weighted by Gasteiger charge is -2.15. The molecular formula is C15H15N3O5. The van der Waals surface area contributed by atoms with Gasteiger partial charge in [-0.25, -0.2) is 4.79 Å². The molecule has 0 radical (unpaired) electrons. The van der Waals surface area contributed by atoms with E-state index in [9.17, 15) is 14.4 Å². The van der Waals surface area contributed by atoms with Crippen LogP contribution in [-0.2, 0) is 9.59 Å². The number of rotatable bonds is 3. The minimum Gasteiger partial charge on any atom is -0.454 e. The second kappa shape index (κ2) is 5.15. The van der Waals surface area contributed by atoms with Gasteiger partial charge >= 0.3 is 6.03 Å². The number of fused-ring (bicyclic) bond motifs is 2. The molecule has 1 atom stereocenters. The molecule has 3 aliphatic rings. The summed E-state index contributed by atoms with van der Waals surface area (Å²) in [5.74, 6) is 0.463. The van der Waals surface area contributed by atoms with Crippen molar-refractivity contribution in [3.63, 3.8) is 0 Å². The number of nitrogens with one attached hydrogen (secondary N) is 1. The third-order valence-corrected chi connectivity index (χ3v) is 4.24. The number of hydrogen-bond donors (Lipinski definition) is 1. The number of amides is 4. The SMILES string of the molecule is O=C(CN1C(=O)C2CCCN2C1=O)Nc1ccc2c(c1)OCO2. The van der Waals surface area contributed by atoms with Crippen LogP contribution in [0.2, 0.25) is 0 Å². The van der Waals surface area contributed by atoms with E-state index in [-0.39, 0.29) is 31.3 Å². The van der Waals surface area contributed by atoms with E-state index in [1.165, 1.54) is 4.90 Å². The molecule has 3 aliphatic heterocycles. The van der Waals surface area contributed by atoms with Crippen LogP contribution >= 0.6 is 0 Å². The summed E-state index contributed by atoms with van der Waals surface area (Å²) >= 11 is 0. The zero-order valence-corrected chi connectivity index (χ0v) is 12.3. The van der Waals surface area contributed by atoms with Crippen LogP contribution in [0.1, 0.15) is 12.8 Å². The van der Waals surface area contributed by atoms with Crippen molar-refractivity contribution in [2.24, 2.45) is 0 Å². The first kappa shape index (κ1) is 13.9. The highest BCUT2D eigenvalue weighted by Crippen LogP contribution is 2.34. The Morgan fingerprint density at radius 3 is 2.91 bits per heavy atom. The molecule has 8 nitrogen and oxygen atoms in total. The van der Waals surface area contributed by atoms with E-state index in [1.54, 1.807) is 18.2 Å². The quantitative estimate of drug-likeness (QED) is 0.832. The molecule has 23 heavy (non-hydrogen) atoms. The molecule has 0 saturated carbocycles. The summed E-state index contributed by atoms with van der Waals surface area (Å²) in [4.78, 5) is 39.0. The van der Waals surface area contributed by atoms with E-state index in [2.05, 4.69) is 5.32 Å². The van der Waals surface area contributed by atoms with E-state index in [0.717, 1.165) is 11.3 Å². The van der Waals surface area contributed by atoms with Gasteiger partial charge in [0, 0.05) is 18.3 Å². The molecule has 8 heteroatoms. The number of anilines is 1. The number of carbonyl (C=O) groups is 3. The van der Waals surface area contributed by atoms with Crippen LogP contribution in [0.4, 0.5) is 10.5 Å². The molecule has 0 bridgehead atoms. The highest BCUT2D eigenvalue weighted by Gasteiger charge is 2.47. The molecule has 4 rings (SSSR count). The van der Waals surface area contributed by atoms with Crippen LogP contribution in [0.5, 0.6) is 11.5 Å². The minimum atomic E-state index is -0.424. The summed E-state index contributed by atoms with van der Waals surface area (Å²) in [6, 6.07) is 4.25. The third kappa shape index (κ3) is 2.26. The van der Waals surface area contributed by atoms with Crippen LogP contribution in [-0.4, -0.2) is 53.6 Å². The maximum absolute atomic E-state index is 12.2. The lowest BCUT2D eigenvalue weighted by Crippen LogP contribution is -2.39. The van der Waals surface area contributed by atoms with Gasteiger partial charge in [0.05, 0.1) is 0 Å². The van der Waals surface area contributed by atoms with E-state index >= 15 is 0 Å². The standard InChI is InChI=1S/C15H15N3O5/c19-13(16-9-3-4-11-12(6-9)23-8-22-11)7-18-14(20)10-2-1-5-17(10)15(18)21/h3-4,6,10H,1-2,5,7-8H2,(H,16,19). The first-order chi connectivity index (χ1) is 11.1. The Morgan fingerprint density at radius 1 is 1.26 bits per heavy atom. The zero-order valence-electron chi connectivity index (χ0n) is 12.3. The van der Waals surface area contributed by atoms with Crippen molar-refractivity contribution in [2.45, 2.75) is 18.9 Å². The topological polar surface area (TPSA) is 88.2 Å². The Hall–Kier alpha value is -2.77. The van der Waals surface area contributed by atoms with Gasteiger partial charge in [-0.05, 0) is 25.0 Å². The first-order valence-corrected chi connectivity index (χ1v) is 7.45. The fourth-order valence-electron chi connectivity index (χ4n) is 3.15. The van der Waals surface area contributed by atoms with Crippen LogP contribution in [0.3, 0.4) is 0 Å². The monoisotopic (exact) mass is 317 g/mol. The number of benzene rings is 1. The van der Waals surface area contributed by atoms with Crippen molar-refractivity contribution in [3.05, 3.63) is 18.2 Å². The van der Waals surface area contributed by atoms with Crippen molar-refractivity contribution in [1.29, 1.82) is 0 Å². The lowest BCUT2D eigenvalue weighted by molar-refractivity contribution is -0.131. The Balaban J connectivity index is 1.42. The van der Waals surface area contributed by atoms with Crippen molar-refractivity contribution < 1.29 is 23.9 Å². The fourth-order valence-corrected chi connectivity index (χ4v) is 3.15. The molecule has 4 amide bonds. The highest BCUT2D eigenvalue weighted by molar-refractivity contribution is 6.08. The summed E-state index contributed by atoms with van der Waals surface area (Å²) in [6.45, 7) is 0.454. The highest BCUT2D eigenvalue weighted by atomic mass is 16.7. The van der Waals surface area contributed by atoms with Gasteiger partial charge in [-0.2, -0.15) is 0 Å². The molecular weight excluding hydrogens is 302 g/mol. The van der Waals surface area contributed by atoms with Crippen LogP contribution < -0.4 is 14.8 Å². The summed E-state index contributed by atoms with van der Waals surface area (Å²) in [5.41, 5.74) is 0.527. The molecule has 1 N–H and O–H groups in total. The van der Waals surface area contributed by atoms with E-state index in [0.29, 0.717) is 30.2 Å². The predicted octanol–water partition coefficient (Wildman–Crippen LogP) is 0.780. The van der Waals surface area contributed by atoms with E-state index < -0.39 is 5.91 Å². The molecule has 2 fully saturated rings. The van der Waals surface area contributed by atoms with Gasteiger partial charge in [-0.3, -0.25) is 14.5 Å². The zero-order chi connectivity index (χ0) is 16.0. The predicted molar refractivity (Wildman–Crippen MR) is 78.0 cm³/mol. The molecule has 0 aliphatic carbocycles. The second-order valence-corrected chi connectivity index (χ2v) is 5.67. The fraction of sp³-hybridized carbons (Fsp3) is 0.400. The van der Waals surface area contributed by atoms with Crippen LogP contribution in [0.15, 0.2) is 18.2 Å².